The molecule has 0 atom stereocenters. The van der Waals surface area contributed by atoms with E-state index >= 15 is 0 Å². The summed E-state index contributed by atoms with van der Waals surface area (Å²) < 4.78 is 5.05. The molecule has 0 unspecified atom stereocenters. The number of hydrogen-bond donors (Lipinski definition) is 1. The van der Waals surface area contributed by atoms with E-state index < -0.39 is 5.97 Å². The zero-order chi connectivity index (χ0) is 9.52. The molecule has 1 fully saturated rings. The second-order valence-electron chi connectivity index (χ2n) is 3.40. The zero-order valence-electron chi connectivity index (χ0n) is 7.74. The number of allylic oxidation sites excluding steroid dienone is 1. The van der Waals surface area contributed by atoms with Gasteiger partial charge in [0.25, 0.3) is 0 Å². The van der Waals surface area contributed by atoms with Crippen molar-refractivity contribution in [1.29, 1.82) is 0 Å². The Hall–Kier alpha value is -0.830. The third-order valence-electron chi connectivity index (χ3n) is 2.15. The monoisotopic (exact) mass is 184 g/mol. The van der Waals surface area contributed by atoms with Crippen molar-refractivity contribution in [3.8, 4) is 0 Å². The summed E-state index contributed by atoms with van der Waals surface area (Å²) in [6.07, 6.45) is 7.16. The van der Waals surface area contributed by atoms with Gasteiger partial charge in [-0.25, -0.2) is 0 Å². The van der Waals surface area contributed by atoms with Crippen LogP contribution in [0.5, 0.6) is 0 Å². The Morgan fingerprint density at radius 1 is 1.46 bits per heavy atom. The quantitative estimate of drug-likeness (QED) is 0.506. The topological polar surface area (TPSA) is 46.5 Å². The normalized spacial score (nSPS) is 17.5. The minimum absolute atomic E-state index is 0.145. The summed E-state index contributed by atoms with van der Waals surface area (Å²) in [4.78, 5) is 10.1. The Morgan fingerprint density at radius 3 is 2.77 bits per heavy atom. The summed E-state index contributed by atoms with van der Waals surface area (Å²) in [5.74, 6) is -0.00323. The molecule has 3 heteroatoms. The molecule has 0 aromatic rings. The Bertz CT molecular complexity index is 183. The van der Waals surface area contributed by atoms with Crippen LogP contribution in [0, 0.1) is 5.92 Å². The van der Waals surface area contributed by atoms with Crippen LogP contribution >= 0.6 is 0 Å². The van der Waals surface area contributed by atoms with Gasteiger partial charge < -0.3 is 9.84 Å². The van der Waals surface area contributed by atoms with Crippen LogP contribution < -0.4 is 0 Å². The van der Waals surface area contributed by atoms with Crippen LogP contribution in [0.3, 0.4) is 0 Å². The van der Waals surface area contributed by atoms with E-state index in [0.717, 1.165) is 32.0 Å². The van der Waals surface area contributed by atoms with Gasteiger partial charge in [-0.05, 0) is 19.3 Å². The molecule has 0 aromatic heterocycles. The van der Waals surface area contributed by atoms with Gasteiger partial charge in [0.15, 0.2) is 0 Å². The highest BCUT2D eigenvalue weighted by molar-refractivity contribution is 5.68. The fourth-order valence-electron chi connectivity index (χ4n) is 1.28. The molecule has 1 rings (SSSR count). The van der Waals surface area contributed by atoms with Crippen molar-refractivity contribution in [2.45, 2.75) is 25.7 Å². The first-order chi connectivity index (χ1) is 6.29. The number of aliphatic carboxylic acids is 1. The first kappa shape index (κ1) is 10.3. The number of carboxylic acids is 1. The van der Waals surface area contributed by atoms with Crippen molar-refractivity contribution < 1.29 is 14.6 Å². The molecule has 1 aliphatic heterocycles. The molecule has 1 saturated heterocycles. The maximum Gasteiger partial charge on any atom is 0.307 e. The number of carboxylic acid groups (broad SMARTS) is 1. The van der Waals surface area contributed by atoms with Gasteiger partial charge in [-0.1, -0.05) is 12.2 Å². The molecule has 0 radical (unpaired) electrons. The molecule has 0 aliphatic carbocycles. The number of ether oxygens (including phenoxy) is 1. The number of rotatable bonds is 6. The van der Waals surface area contributed by atoms with Gasteiger partial charge in [-0.15, -0.1) is 0 Å². The SMILES string of the molecule is O=C(O)C/C=C/CCCC1COC1. The number of unbranched alkanes of at least 4 members (excludes halogenated alkanes) is 1. The van der Waals surface area contributed by atoms with Crippen molar-refractivity contribution in [2.75, 3.05) is 13.2 Å². The predicted octanol–water partition coefficient (Wildman–Crippen LogP) is 1.83. The van der Waals surface area contributed by atoms with Crippen LogP contribution in [0.4, 0.5) is 0 Å². The fourth-order valence-corrected chi connectivity index (χ4v) is 1.28. The third kappa shape index (κ3) is 4.68. The lowest BCUT2D eigenvalue weighted by Gasteiger charge is -2.25. The lowest BCUT2D eigenvalue weighted by Crippen LogP contribution is -2.26. The van der Waals surface area contributed by atoms with Crippen molar-refractivity contribution in [2.24, 2.45) is 5.92 Å². The van der Waals surface area contributed by atoms with Crippen LogP contribution in [-0.2, 0) is 9.53 Å². The molecule has 1 aliphatic rings. The maximum absolute atomic E-state index is 10.1. The van der Waals surface area contributed by atoms with Gasteiger partial charge in [0.2, 0.25) is 0 Å². The van der Waals surface area contributed by atoms with E-state index in [4.69, 9.17) is 9.84 Å². The van der Waals surface area contributed by atoms with Crippen molar-refractivity contribution in [1.82, 2.24) is 0 Å². The maximum atomic E-state index is 10.1. The first-order valence-corrected chi connectivity index (χ1v) is 4.73. The third-order valence-corrected chi connectivity index (χ3v) is 2.15. The average Bonchev–Trinajstić information content (AvgIpc) is 1.99. The van der Waals surface area contributed by atoms with E-state index in [0.29, 0.717) is 0 Å². The molecule has 13 heavy (non-hydrogen) atoms. The Balaban J connectivity index is 1.87. The van der Waals surface area contributed by atoms with Crippen LogP contribution in [-0.4, -0.2) is 24.3 Å². The largest absolute Gasteiger partial charge is 0.481 e. The van der Waals surface area contributed by atoms with Gasteiger partial charge in [0, 0.05) is 5.92 Å². The van der Waals surface area contributed by atoms with Gasteiger partial charge in [-0.3, -0.25) is 4.79 Å². The van der Waals surface area contributed by atoms with E-state index in [-0.39, 0.29) is 6.42 Å². The van der Waals surface area contributed by atoms with Crippen molar-refractivity contribution >= 4 is 5.97 Å². The smallest absolute Gasteiger partial charge is 0.307 e. The van der Waals surface area contributed by atoms with Crippen LogP contribution in [0.25, 0.3) is 0 Å². The number of hydrogen-bond acceptors (Lipinski definition) is 2. The lowest BCUT2D eigenvalue weighted by atomic mass is 10.0. The standard InChI is InChI=1S/C10H16O3/c11-10(12)6-4-2-1-3-5-9-7-13-8-9/h2,4,9H,1,3,5-8H2,(H,11,12)/b4-2+. The van der Waals surface area contributed by atoms with Gasteiger partial charge in [0.1, 0.15) is 0 Å². The Labute approximate surface area is 78.4 Å². The molecule has 1 N–H and O–H groups in total. The minimum atomic E-state index is -0.761. The summed E-state index contributed by atoms with van der Waals surface area (Å²) in [5, 5.41) is 8.34. The summed E-state index contributed by atoms with van der Waals surface area (Å²) >= 11 is 0. The van der Waals surface area contributed by atoms with Crippen molar-refractivity contribution in [3.63, 3.8) is 0 Å². The summed E-state index contributed by atoms with van der Waals surface area (Å²) in [5.41, 5.74) is 0. The predicted molar refractivity (Wildman–Crippen MR) is 49.6 cm³/mol. The molecule has 0 spiro atoms. The summed E-state index contributed by atoms with van der Waals surface area (Å²) in [6, 6.07) is 0. The first-order valence-electron chi connectivity index (χ1n) is 4.73. The summed E-state index contributed by atoms with van der Waals surface area (Å²) in [7, 11) is 0. The molecule has 3 nitrogen and oxygen atoms in total. The molecule has 0 amide bonds. The van der Waals surface area contributed by atoms with Crippen LogP contribution in [0.1, 0.15) is 25.7 Å². The zero-order valence-corrected chi connectivity index (χ0v) is 7.74. The average molecular weight is 184 g/mol. The van der Waals surface area contributed by atoms with E-state index in [2.05, 4.69) is 0 Å². The van der Waals surface area contributed by atoms with Gasteiger partial charge >= 0.3 is 5.97 Å². The highest BCUT2D eigenvalue weighted by Crippen LogP contribution is 2.17. The molecular formula is C10H16O3. The highest BCUT2D eigenvalue weighted by atomic mass is 16.5. The molecular weight excluding hydrogens is 168 g/mol. The second-order valence-corrected chi connectivity index (χ2v) is 3.40. The van der Waals surface area contributed by atoms with E-state index in [1.807, 2.05) is 6.08 Å². The highest BCUT2D eigenvalue weighted by Gasteiger charge is 2.16. The molecule has 74 valence electrons. The van der Waals surface area contributed by atoms with Crippen LogP contribution in [0.2, 0.25) is 0 Å². The molecule has 0 bridgehead atoms. The molecule has 0 aromatic carbocycles. The lowest BCUT2D eigenvalue weighted by molar-refractivity contribution is -0.136. The second kappa shape index (κ2) is 5.75. The van der Waals surface area contributed by atoms with Gasteiger partial charge in [-0.2, -0.15) is 0 Å². The van der Waals surface area contributed by atoms with E-state index in [9.17, 15) is 4.79 Å². The minimum Gasteiger partial charge on any atom is -0.481 e. The number of carbonyl (C=O) groups is 1. The van der Waals surface area contributed by atoms with E-state index in [1.54, 1.807) is 6.08 Å². The van der Waals surface area contributed by atoms with Crippen molar-refractivity contribution in [3.05, 3.63) is 12.2 Å². The van der Waals surface area contributed by atoms with Gasteiger partial charge in [0.05, 0.1) is 19.6 Å². The van der Waals surface area contributed by atoms with Crippen LogP contribution in [0.15, 0.2) is 12.2 Å². The fraction of sp³-hybridized carbons (Fsp3) is 0.700. The summed E-state index contributed by atoms with van der Waals surface area (Å²) in [6.45, 7) is 1.83. The Morgan fingerprint density at radius 2 is 2.23 bits per heavy atom. The Kier molecular flexibility index (Phi) is 4.54. The molecule has 1 heterocycles. The molecule has 0 saturated carbocycles. The van der Waals surface area contributed by atoms with E-state index in [1.165, 1.54) is 6.42 Å².